The van der Waals surface area contributed by atoms with Crippen LogP contribution in [0.4, 0.5) is 0 Å². The van der Waals surface area contributed by atoms with Crippen molar-refractivity contribution in [3.05, 3.63) is 0 Å². The Labute approximate surface area is 139 Å². The zero-order valence-corrected chi connectivity index (χ0v) is 16.1. The first kappa shape index (κ1) is 21.5. The van der Waals surface area contributed by atoms with Crippen molar-refractivity contribution in [2.45, 2.75) is 93.4 Å². The van der Waals surface area contributed by atoms with Crippen molar-refractivity contribution in [1.29, 1.82) is 0 Å². The highest BCUT2D eigenvalue weighted by molar-refractivity contribution is 5.69. The highest BCUT2D eigenvalue weighted by Gasteiger charge is 2.32. The first-order valence-electron chi connectivity index (χ1n) is 9.34. The summed E-state index contributed by atoms with van der Waals surface area (Å²) in [5, 5.41) is 9.24. The van der Waals surface area contributed by atoms with Crippen LogP contribution < -0.4 is 0 Å². The average molecular weight is 313 g/mol. The minimum Gasteiger partial charge on any atom is -0.481 e. The molecule has 0 fully saturated rings. The first-order valence-corrected chi connectivity index (χ1v) is 9.34. The molecule has 132 valence electrons. The van der Waals surface area contributed by atoms with Crippen LogP contribution in [0.2, 0.25) is 0 Å². The van der Waals surface area contributed by atoms with Gasteiger partial charge in [-0.05, 0) is 61.7 Å². The maximum atomic E-state index is 11.2. The summed E-state index contributed by atoms with van der Waals surface area (Å²) in [6, 6.07) is 0. The van der Waals surface area contributed by atoms with E-state index in [2.05, 4.69) is 41.5 Å². The van der Waals surface area contributed by atoms with Crippen molar-refractivity contribution in [3.63, 3.8) is 0 Å². The Bertz CT molecular complexity index is 278. The number of carboxylic acids is 1. The van der Waals surface area contributed by atoms with Crippen molar-refractivity contribution < 1.29 is 9.90 Å². The molecule has 0 aromatic rings. The molecule has 0 saturated heterocycles. The van der Waals surface area contributed by atoms with Gasteiger partial charge in [0, 0.05) is 0 Å². The van der Waals surface area contributed by atoms with Crippen molar-refractivity contribution in [2.24, 2.45) is 29.1 Å². The molecule has 0 aromatic heterocycles. The van der Waals surface area contributed by atoms with Gasteiger partial charge in [-0.15, -0.1) is 0 Å². The number of aliphatic carboxylic acids is 1. The summed E-state index contributed by atoms with van der Waals surface area (Å²) < 4.78 is 0. The molecule has 0 rings (SSSR count). The minimum absolute atomic E-state index is 0.158. The van der Waals surface area contributed by atoms with Crippen LogP contribution in [0.15, 0.2) is 0 Å². The van der Waals surface area contributed by atoms with Gasteiger partial charge in [0.15, 0.2) is 0 Å². The SMILES string of the molecule is CCC(CCCC(CC(C)C)(CC(C)C)CC(C)C)C(=O)O. The van der Waals surface area contributed by atoms with Gasteiger partial charge in [-0.25, -0.2) is 0 Å². The van der Waals surface area contributed by atoms with Crippen LogP contribution in [0.5, 0.6) is 0 Å². The molecule has 1 unspecified atom stereocenters. The highest BCUT2D eigenvalue weighted by Crippen LogP contribution is 2.44. The van der Waals surface area contributed by atoms with Crippen molar-refractivity contribution >= 4 is 5.97 Å². The average Bonchev–Trinajstić information content (AvgIpc) is 2.31. The van der Waals surface area contributed by atoms with Gasteiger partial charge in [0.05, 0.1) is 5.92 Å². The topological polar surface area (TPSA) is 37.3 Å². The van der Waals surface area contributed by atoms with Crippen LogP contribution in [-0.4, -0.2) is 11.1 Å². The van der Waals surface area contributed by atoms with Crippen LogP contribution in [0.3, 0.4) is 0 Å². The predicted octanol–water partition coefficient (Wildman–Crippen LogP) is 6.39. The quantitative estimate of drug-likeness (QED) is 0.453. The normalized spacial score (nSPS) is 14.1. The molecule has 0 heterocycles. The molecular weight excluding hydrogens is 272 g/mol. The number of rotatable bonds is 12. The van der Waals surface area contributed by atoms with Crippen LogP contribution in [0.1, 0.15) is 93.4 Å². The Morgan fingerprint density at radius 3 is 1.59 bits per heavy atom. The summed E-state index contributed by atoms with van der Waals surface area (Å²) in [5.74, 6) is 1.34. The van der Waals surface area contributed by atoms with E-state index in [1.165, 1.54) is 25.7 Å². The summed E-state index contributed by atoms with van der Waals surface area (Å²) in [6.07, 6.45) is 7.64. The van der Waals surface area contributed by atoms with Gasteiger partial charge >= 0.3 is 5.97 Å². The molecule has 2 heteroatoms. The molecule has 0 bridgehead atoms. The fourth-order valence-electron chi connectivity index (χ4n) is 4.38. The Hall–Kier alpha value is -0.530. The van der Waals surface area contributed by atoms with E-state index in [0.717, 1.165) is 19.3 Å². The summed E-state index contributed by atoms with van der Waals surface area (Å²) in [4.78, 5) is 11.2. The van der Waals surface area contributed by atoms with Crippen molar-refractivity contribution in [1.82, 2.24) is 0 Å². The maximum Gasteiger partial charge on any atom is 0.306 e. The van der Waals surface area contributed by atoms with Crippen LogP contribution >= 0.6 is 0 Å². The number of hydrogen-bond acceptors (Lipinski definition) is 1. The fraction of sp³-hybridized carbons (Fsp3) is 0.950. The van der Waals surface area contributed by atoms with Crippen LogP contribution in [0, 0.1) is 29.1 Å². The molecule has 0 saturated carbocycles. The largest absolute Gasteiger partial charge is 0.481 e. The lowest BCUT2D eigenvalue weighted by molar-refractivity contribution is -0.142. The minimum atomic E-state index is -0.621. The van der Waals surface area contributed by atoms with E-state index < -0.39 is 5.97 Å². The van der Waals surface area contributed by atoms with Gasteiger partial charge in [0.1, 0.15) is 0 Å². The number of hydrogen-bond donors (Lipinski definition) is 1. The van der Waals surface area contributed by atoms with Gasteiger partial charge in [0.25, 0.3) is 0 Å². The molecule has 0 aromatic carbocycles. The zero-order valence-electron chi connectivity index (χ0n) is 16.1. The van der Waals surface area contributed by atoms with E-state index in [0.29, 0.717) is 23.2 Å². The van der Waals surface area contributed by atoms with Crippen molar-refractivity contribution in [3.8, 4) is 0 Å². The van der Waals surface area contributed by atoms with Gasteiger partial charge < -0.3 is 5.11 Å². The predicted molar refractivity (Wildman–Crippen MR) is 96.1 cm³/mol. The summed E-state index contributed by atoms with van der Waals surface area (Å²) >= 11 is 0. The zero-order chi connectivity index (χ0) is 17.3. The Balaban J connectivity index is 4.90. The third-order valence-electron chi connectivity index (χ3n) is 4.63. The van der Waals surface area contributed by atoms with Gasteiger partial charge in [-0.2, -0.15) is 0 Å². The first-order chi connectivity index (χ1) is 10.1. The fourth-order valence-corrected chi connectivity index (χ4v) is 4.38. The lowest BCUT2D eigenvalue weighted by atomic mass is 9.66. The van der Waals surface area contributed by atoms with E-state index in [9.17, 15) is 9.90 Å². The second kappa shape index (κ2) is 10.3. The molecule has 0 radical (unpaired) electrons. The monoisotopic (exact) mass is 312 g/mol. The standard InChI is InChI=1S/C20H40O2/c1-8-18(19(21)22)10-9-11-20(12-15(2)3,13-16(4)5)14-17(6)7/h15-18H,8-14H2,1-7H3,(H,21,22). The van der Waals surface area contributed by atoms with E-state index in [1.807, 2.05) is 6.92 Å². The van der Waals surface area contributed by atoms with Crippen LogP contribution in [0.25, 0.3) is 0 Å². The lowest BCUT2D eigenvalue weighted by Crippen LogP contribution is -2.28. The van der Waals surface area contributed by atoms with E-state index in [-0.39, 0.29) is 5.92 Å². The molecule has 22 heavy (non-hydrogen) atoms. The molecule has 1 N–H and O–H groups in total. The molecular formula is C20H40O2. The Kier molecular flexibility index (Phi) is 10.0. The van der Waals surface area contributed by atoms with E-state index in [4.69, 9.17) is 0 Å². The smallest absolute Gasteiger partial charge is 0.306 e. The van der Waals surface area contributed by atoms with Gasteiger partial charge in [-0.1, -0.05) is 54.9 Å². The lowest BCUT2D eigenvalue weighted by Gasteiger charge is -2.39. The molecule has 0 aliphatic heterocycles. The summed E-state index contributed by atoms with van der Waals surface area (Å²) in [5.41, 5.74) is 0.396. The Morgan fingerprint density at radius 1 is 0.909 bits per heavy atom. The second-order valence-corrected chi connectivity index (χ2v) is 8.63. The molecule has 0 aliphatic rings. The van der Waals surface area contributed by atoms with E-state index >= 15 is 0 Å². The third-order valence-corrected chi connectivity index (χ3v) is 4.63. The molecule has 0 amide bonds. The van der Waals surface area contributed by atoms with Gasteiger partial charge in [-0.3, -0.25) is 4.79 Å². The van der Waals surface area contributed by atoms with Crippen LogP contribution in [-0.2, 0) is 4.79 Å². The third kappa shape index (κ3) is 8.80. The molecule has 0 aliphatic carbocycles. The van der Waals surface area contributed by atoms with Crippen molar-refractivity contribution in [2.75, 3.05) is 0 Å². The molecule has 1 atom stereocenters. The number of carbonyl (C=O) groups is 1. The summed E-state index contributed by atoms with van der Waals surface area (Å²) in [6.45, 7) is 15.9. The highest BCUT2D eigenvalue weighted by atomic mass is 16.4. The van der Waals surface area contributed by atoms with Gasteiger partial charge in [0.2, 0.25) is 0 Å². The summed E-state index contributed by atoms with van der Waals surface area (Å²) in [7, 11) is 0. The maximum absolute atomic E-state index is 11.2. The molecule has 2 nitrogen and oxygen atoms in total. The second-order valence-electron chi connectivity index (χ2n) is 8.63. The van der Waals surface area contributed by atoms with E-state index in [1.54, 1.807) is 0 Å². The Morgan fingerprint density at radius 2 is 1.32 bits per heavy atom. The molecule has 0 spiro atoms. The number of carboxylic acid groups (broad SMARTS) is 1.